The number of nitrogens with two attached hydrogens (primary N) is 1. The third-order valence-electron chi connectivity index (χ3n) is 3.82. The van der Waals surface area contributed by atoms with E-state index in [0.717, 1.165) is 12.2 Å². The molecule has 0 spiro atoms. The number of allylic oxidation sites excluding steroid dienone is 1. The molecule has 1 aliphatic rings. The Balaban J connectivity index is 3.39. The Bertz CT molecular complexity index is 729. The van der Waals surface area contributed by atoms with Crippen LogP contribution in [0.5, 0.6) is 0 Å². The van der Waals surface area contributed by atoms with Crippen molar-refractivity contribution in [3.63, 3.8) is 0 Å². The molecule has 0 aromatic carbocycles. The summed E-state index contributed by atoms with van der Waals surface area (Å²) in [6.45, 7) is 3.91. The summed E-state index contributed by atoms with van der Waals surface area (Å²) in [7, 11) is -5.70. The number of hydrogen-bond acceptors (Lipinski definition) is 4. The Morgan fingerprint density at radius 2 is 1.88 bits per heavy atom. The maximum Gasteiger partial charge on any atom is 0.516 e. The molecule has 26 heavy (non-hydrogen) atoms. The van der Waals surface area contributed by atoms with Gasteiger partial charge in [-0.05, 0) is 31.4 Å². The van der Waals surface area contributed by atoms with Gasteiger partial charge in [-0.1, -0.05) is 20.3 Å². The molecule has 7 nitrogen and oxygen atoms in total. The topological polar surface area (TPSA) is 118 Å². The second-order valence-electron chi connectivity index (χ2n) is 6.02. The van der Waals surface area contributed by atoms with E-state index < -0.39 is 38.5 Å². The van der Waals surface area contributed by atoms with Gasteiger partial charge in [0.25, 0.3) is 0 Å². The van der Waals surface area contributed by atoms with Crippen LogP contribution in [0.15, 0.2) is 23.4 Å². The molecule has 1 atom stereocenters. The Hall–Kier alpha value is -2.04. The van der Waals surface area contributed by atoms with Crippen LogP contribution in [0.2, 0.25) is 0 Å². The molecule has 11 heteroatoms. The summed E-state index contributed by atoms with van der Waals surface area (Å²) in [4.78, 5) is 24.2. The van der Waals surface area contributed by atoms with Crippen LogP contribution in [0.3, 0.4) is 0 Å². The van der Waals surface area contributed by atoms with Gasteiger partial charge in [-0.3, -0.25) is 14.3 Å². The normalized spacial score (nSPS) is 20.8. The van der Waals surface area contributed by atoms with Crippen LogP contribution in [0, 0.1) is 5.41 Å². The fourth-order valence-electron chi connectivity index (χ4n) is 2.68. The minimum atomic E-state index is -5.70. The van der Waals surface area contributed by atoms with E-state index in [1.54, 1.807) is 6.92 Å². The second-order valence-corrected chi connectivity index (χ2v) is 7.70. The third-order valence-corrected chi connectivity index (χ3v) is 4.94. The van der Waals surface area contributed by atoms with Gasteiger partial charge in [0.05, 0.1) is 5.41 Å². The average molecular weight is 397 g/mol. The first kappa shape index (κ1) is 22.0. The number of amides is 2. The van der Waals surface area contributed by atoms with Crippen molar-refractivity contribution in [3.8, 4) is 0 Å². The summed E-state index contributed by atoms with van der Waals surface area (Å²) < 4.78 is 62.1. The number of hydrogen-bond donors (Lipinski definition) is 3. The molecule has 4 N–H and O–H groups in total. The number of carbonyl (C=O) groups is 2. The SMILES string of the molecule is CCCNC(=O)C1(CCC)C=C(NS(=O)(=O)C(F)(F)F)C=C(C(N)=O)C1. The van der Waals surface area contributed by atoms with E-state index in [1.807, 2.05) is 6.92 Å². The molecule has 1 unspecified atom stereocenters. The molecule has 0 aromatic heterocycles. The van der Waals surface area contributed by atoms with Gasteiger partial charge in [-0.2, -0.15) is 21.6 Å². The minimum absolute atomic E-state index is 0.122. The van der Waals surface area contributed by atoms with Crippen LogP contribution in [0.4, 0.5) is 13.2 Å². The van der Waals surface area contributed by atoms with Crippen molar-refractivity contribution in [1.29, 1.82) is 0 Å². The molecule has 0 saturated heterocycles. The number of nitrogens with one attached hydrogen (secondary N) is 2. The number of halogens is 3. The molecule has 0 aliphatic heterocycles. The lowest BCUT2D eigenvalue weighted by Crippen LogP contribution is -2.44. The van der Waals surface area contributed by atoms with Crippen molar-refractivity contribution in [2.45, 2.75) is 45.0 Å². The number of carbonyl (C=O) groups excluding carboxylic acids is 2. The van der Waals surface area contributed by atoms with Crippen molar-refractivity contribution >= 4 is 21.8 Å². The first-order valence-electron chi connectivity index (χ1n) is 7.99. The largest absolute Gasteiger partial charge is 0.516 e. The number of alkyl halides is 3. The van der Waals surface area contributed by atoms with Crippen LogP contribution in [-0.2, 0) is 19.6 Å². The molecule has 1 rings (SSSR count). The van der Waals surface area contributed by atoms with Crippen LogP contribution in [0.25, 0.3) is 0 Å². The first-order chi connectivity index (χ1) is 11.9. The Morgan fingerprint density at radius 1 is 1.27 bits per heavy atom. The van der Waals surface area contributed by atoms with Gasteiger partial charge in [0.1, 0.15) is 0 Å². The highest BCUT2D eigenvalue weighted by atomic mass is 32.2. The smallest absolute Gasteiger partial charge is 0.366 e. The van der Waals surface area contributed by atoms with E-state index in [4.69, 9.17) is 5.73 Å². The monoisotopic (exact) mass is 397 g/mol. The molecule has 0 radical (unpaired) electrons. The standard InChI is InChI=1S/C15H22F3N3O4S/c1-3-5-14(13(23)20-6-4-2)8-10(12(19)22)7-11(9-14)21-26(24,25)15(16,17)18/h7,9,21H,3-6,8H2,1-2H3,(H2,19,22)(H,20,23). The highest BCUT2D eigenvalue weighted by Gasteiger charge is 2.47. The van der Waals surface area contributed by atoms with Gasteiger partial charge in [-0.25, -0.2) is 0 Å². The third kappa shape index (κ3) is 4.99. The van der Waals surface area contributed by atoms with E-state index >= 15 is 0 Å². The maximum absolute atomic E-state index is 12.6. The van der Waals surface area contributed by atoms with E-state index in [-0.39, 0.29) is 18.4 Å². The van der Waals surface area contributed by atoms with Gasteiger partial charge in [0, 0.05) is 17.8 Å². The van der Waals surface area contributed by atoms with Crippen LogP contribution < -0.4 is 15.8 Å². The summed E-state index contributed by atoms with van der Waals surface area (Å²) in [6, 6.07) is 0. The number of sulfonamides is 1. The van der Waals surface area contributed by atoms with E-state index in [0.29, 0.717) is 19.4 Å². The summed E-state index contributed by atoms with van der Waals surface area (Å²) >= 11 is 0. The zero-order valence-corrected chi connectivity index (χ0v) is 15.3. The zero-order chi connectivity index (χ0) is 20.2. The number of rotatable bonds is 8. The van der Waals surface area contributed by atoms with Gasteiger partial charge < -0.3 is 11.1 Å². The Kier molecular flexibility index (Phi) is 6.86. The van der Waals surface area contributed by atoms with Crippen LogP contribution in [-0.4, -0.2) is 32.3 Å². The zero-order valence-electron chi connectivity index (χ0n) is 14.4. The highest BCUT2D eigenvalue weighted by Crippen LogP contribution is 2.39. The summed E-state index contributed by atoms with van der Waals surface area (Å²) in [5.41, 5.74) is -2.32. The molecular formula is C15H22F3N3O4S. The van der Waals surface area contributed by atoms with Gasteiger partial charge in [-0.15, -0.1) is 0 Å². The fraction of sp³-hybridized carbons (Fsp3) is 0.600. The van der Waals surface area contributed by atoms with E-state index in [9.17, 15) is 31.2 Å². The van der Waals surface area contributed by atoms with Crippen molar-refractivity contribution in [2.75, 3.05) is 6.54 Å². The molecule has 0 fully saturated rings. The van der Waals surface area contributed by atoms with Crippen molar-refractivity contribution in [3.05, 3.63) is 23.4 Å². The van der Waals surface area contributed by atoms with Crippen LogP contribution >= 0.6 is 0 Å². The predicted molar refractivity (Wildman–Crippen MR) is 88.7 cm³/mol. The minimum Gasteiger partial charge on any atom is -0.366 e. The first-order valence-corrected chi connectivity index (χ1v) is 9.47. The molecule has 0 bridgehead atoms. The maximum atomic E-state index is 12.6. The van der Waals surface area contributed by atoms with Gasteiger partial charge in [0.15, 0.2) is 0 Å². The summed E-state index contributed by atoms with van der Waals surface area (Å²) in [6.07, 6.45) is 3.22. The van der Waals surface area contributed by atoms with Crippen molar-refractivity contribution in [1.82, 2.24) is 10.0 Å². The van der Waals surface area contributed by atoms with Gasteiger partial charge in [0.2, 0.25) is 11.8 Å². The molecule has 1 aliphatic carbocycles. The molecule has 0 saturated carbocycles. The number of primary amides is 1. The van der Waals surface area contributed by atoms with Crippen LogP contribution in [0.1, 0.15) is 39.5 Å². The molecule has 0 aromatic rings. The lowest BCUT2D eigenvalue weighted by atomic mass is 9.73. The average Bonchev–Trinajstić information content (AvgIpc) is 2.50. The quantitative estimate of drug-likeness (QED) is 0.574. The molecule has 0 heterocycles. The lowest BCUT2D eigenvalue weighted by Gasteiger charge is -2.33. The van der Waals surface area contributed by atoms with Crippen molar-refractivity contribution in [2.24, 2.45) is 11.1 Å². The molecule has 2 amide bonds. The van der Waals surface area contributed by atoms with E-state index in [2.05, 4.69) is 5.32 Å². The molecular weight excluding hydrogens is 375 g/mol. The Labute approximate surface area is 149 Å². The fourth-order valence-corrected chi connectivity index (χ4v) is 3.22. The van der Waals surface area contributed by atoms with Gasteiger partial charge >= 0.3 is 15.5 Å². The molecule has 148 valence electrons. The summed E-state index contributed by atoms with van der Waals surface area (Å²) in [5.74, 6) is -1.44. The lowest BCUT2D eigenvalue weighted by molar-refractivity contribution is -0.129. The predicted octanol–water partition coefficient (Wildman–Crippen LogP) is 1.44. The highest BCUT2D eigenvalue weighted by molar-refractivity contribution is 7.90. The van der Waals surface area contributed by atoms with Crippen molar-refractivity contribution < 1.29 is 31.2 Å². The summed E-state index contributed by atoms with van der Waals surface area (Å²) in [5, 5.41) is 2.64. The second kappa shape index (κ2) is 8.11. The van der Waals surface area contributed by atoms with E-state index in [1.165, 1.54) is 4.72 Å². The Morgan fingerprint density at radius 3 is 2.35 bits per heavy atom.